The lowest BCUT2D eigenvalue weighted by molar-refractivity contribution is -0.158. The van der Waals surface area contributed by atoms with E-state index in [0.29, 0.717) is 12.5 Å². The second-order valence-electron chi connectivity index (χ2n) is 5.70. The van der Waals surface area contributed by atoms with Gasteiger partial charge in [-0.25, -0.2) is 0 Å². The second-order valence-corrected chi connectivity index (χ2v) is 5.70. The normalized spacial score (nSPS) is 28.5. The molecule has 104 valence electrons. The predicted octanol–water partition coefficient (Wildman–Crippen LogP) is 4.12. The molecule has 0 N–H and O–H groups in total. The number of ether oxygens (including phenoxy) is 1. The van der Waals surface area contributed by atoms with Gasteiger partial charge < -0.3 is 4.74 Å². The molecule has 19 heavy (non-hydrogen) atoms. The molecule has 3 heteroatoms. The zero-order chi connectivity index (χ0) is 12.4. The number of hydrogen-bond acceptors (Lipinski definition) is 2. The van der Waals surface area contributed by atoms with Gasteiger partial charge in [-0.05, 0) is 37.2 Å². The summed E-state index contributed by atoms with van der Waals surface area (Å²) in [6.45, 7) is 0.425. The fourth-order valence-electron chi connectivity index (χ4n) is 3.80. The first-order valence-corrected chi connectivity index (χ1v) is 7.02. The number of benzene rings is 1. The predicted molar refractivity (Wildman–Crippen MR) is 77.1 cm³/mol. The summed E-state index contributed by atoms with van der Waals surface area (Å²) in [4.78, 5) is 12.4. The third-order valence-electron chi connectivity index (χ3n) is 4.75. The monoisotopic (exact) mass is 280 g/mol. The third-order valence-corrected chi connectivity index (χ3v) is 4.75. The van der Waals surface area contributed by atoms with Gasteiger partial charge in [0, 0.05) is 0 Å². The van der Waals surface area contributed by atoms with Crippen LogP contribution in [0.5, 0.6) is 0 Å². The Morgan fingerprint density at radius 3 is 2.42 bits per heavy atom. The lowest BCUT2D eigenvalue weighted by Crippen LogP contribution is -2.32. The maximum atomic E-state index is 12.4. The first-order valence-electron chi connectivity index (χ1n) is 7.02. The van der Waals surface area contributed by atoms with Crippen molar-refractivity contribution in [2.45, 2.75) is 45.1 Å². The second kappa shape index (κ2) is 5.96. The minimum atomic E-state index is -0.116. The van der Waals surface area contributed by atoms with Crippen molar-refractivity contribution in [1.29, 1.82) is 0 Å². The molecule has 2 saturated carbocycles. The first-order chi connectivity index (χ1) is 8.81. The number of hydrogen-bond donors (Lipinski definition) is 0. The number of rotatable bonds is 3. The zero-order valence-corrected chi connectivity index (χ0v) is 12.0. The van der Waals surface area contributed by atoms with Crippen molar-refractivity contribution in [2.75, 3.05) is 0 Å². The fourth-order valence-corrected chi connectivity index (χ4v) is 3.80. The van der Waals surface area contributed by atoms with Crippen LogP contribution in [0.3, 0.4) is 0 Å². The molecule has 0 aromatic heterocycles. The van der Waals surface area contributed by atoms with Crippen molar-refractivity contribution >= 4 is 18.4 Å². The first kappa shape index (κ1) is 14.4. The summed E-state index contributed by atoms with van der Waals surface area (Å²) in [5.74, 6) is 0.659. The molecule has 2 fully saturated rings. The van der Waals surface area contributed by atoms with Crippen molar-refractivity contribution in [2.24, 2.45) is 11.3 Å². The molecule has 0 radical (unpaired) electrons. The van der Waals surface area contributed by atoms with Crippen molar-refractivity contribution in [1.82, 2.24) is 0 Å². The largest absolute Gasteiger partial charge is 0.460 e. The van der Waals surface area contributed by atoms with Gasteiger partial charge in [0.2, 0.25) is 0 Å². The summed E-state index contributed by atoms with van der Waals surface area (Å²) in [6.07, 6.45) is 6.94. The standard InChI is InChI=1S/C16H20O2.ClH/c17-15(18-12-13-6-2-1-3-7-13)16-10-4-8-14(16)9-5-11-16;/h1-3,6-7,14H,4-5,8-12H2;1H. The van der Waals surface area contributed by atoms with Crippen molar-refractivity contribution in [3.05, 3.63) is 35.9 Å². The smallest absolute Gasteiger partial charge is 0.312 e. The van der Waals surface area contributed by atoms with Crippen molar-refractivity contribution < 1.29 is 9.53 Å². The van der Waals surface area contributed by atoms with E-state index >= 15 is 0 Å². The quantitative estimate of drug-likeness (QED) is 0.779. The van der Waals surface area contributed by atoms with Crippen molar-refractivity contribution in [3.8, 4) is 0 Å². The molecule has 2 aliphatic carbocycles. The van der Waals surface area contributed by atoms with Crippen LogP contribution in [0.1, 0.15) is 44.1 Å². The van der Waals surface area contributed by atoms with Gasteiger partial charge in [-0.3, -0.25) is 4.79 Å². The summed E-state index contributed by atoms with van der Waals surface area (Å²) in [6, 6.07) is 9.95. The average Bonchev–Trinajstić information content (AvgIpc) is 2.97. The van der Waals surface area contributed by atoms with Gasteiger partial charge in [0.05, 0.1) is 5.41 Å². The van der Waals surface area contributed by atoms with Gasteiger partial charge in [0.25, 0.3) is 0 Å². The van der Waals surface area contributed by atoms with Gasteiger partial charge in [-0.2, -0.15) is 0 Å². The molecule has 0 aliphatic heterocycles. The number of carbonyl (C=O) groups is 1. The van der Waals surface area contributed by atoms with E-state index in [2.05, 4.69) is 0 Å². The van der Waals surface area contributed by atoms with E-state index in [0.717, 1.165) is 18.4 Å². The molecule has 0 spiro atoms. The van der Waals surface area contributed by atoms with Gasteiger partial charge >= 0.3 is 5.97 Å². The van der Waals surface area contributed by atoms with Crippen LogP contribution in [-0.2, 0) is 16.1 Å². The summed E-state index contributed by atoms with van der Waals surface area (Å²) in [5.41, 5.74) is 0.962. The molecule has 0 saturated heterocycles. The Morgan fingerprint density at radius 1 is 1.16 bits per heavy atom. The van der Waals surface area contributed by atoms with Gasteiger partial charge in [0.1, 0.15) is 6.61 Å². The molecule has 0 bridgehead atoms. The molecule has 0 atom stereocenters. The molecule has 0 amide bonds. The fraction of sp³-hybridized carbons (Fsp3) is 0.562. The summed E-state index contributed by atoms with van der Waals surface area (Å²) < 4.78 is 5.58. The van der Waals surface area contributed by atoms with E-state index in [4.69, 9.17) is 4.74 Å². The van der Waals surface area contributed by atoms with Crippen LogP contribution in [0.15, 0.2) is 30.3 Å². The maximum Gasteiger partial charge on any atom is 0.312 e. The van der Waals surface area contributed by atoms with Crippen LogP contribution in [0, 0.1) is 11.3 Å². The van der Waals surface area contributed by atoms with E-state index in [9.17, 15) is 4.79 Å². The summed E-state index contributed by atoms with van der Waals surface area (Å²) in [5, 5.41) is 0. The highest BCUT2D eigenvalue weighted by Crippen LogP contribution is 2.54. The number of carbonyl (C=O) groups excluding carboxylic acids is 1. The topological polar surface area (TPSA) is 26.3 Å². The van der Waals surface area contributed by atoms with Gasteiger partial charge in [-0.15, -0.1) is 12.4 Å². The zero-order valence-electron chi connectivity index (χ0n) is 11.1. The van der Waals surface area contributed by atoms with Crippen LogP contribution >= 0.6 is 12.4 Å². The Kier molecular flexibility index (Phi) is 4.51. The van der Waals surface area contributed by atoms with E-state index in [1.165, 1.54) is 25.7 Å². The lowest BCUT2D eigenvalue weighted by Gasteiger charge is -2.26. The highest BCUT2D eigenvalue weighted by Gasteiger charge is 2.52. The Hall–Kier alpha value is -1.02. The SMILES string of the molecule is Cl.O=C(OCc1ccccc1)C12CCCC1CCC2. The average molecular weight is 281 g/mol. The van der Waals surface area contributed by atoms with E-state index < -0.39 is 0 Å². The maximum absolute atomic E-state index is 12.4. The molecule has 0 heterocycles. The Labute approximate surface area is 120 Å². The lowest BCUT2D eigenvalue weighted by atomic mass is 9.80. The van der Waals surface area contributed by atoms with Crippen LogP contribution in [0.4, 0.5) is 0 Å². The molecule has 0 unspecified atom stereocenters. The Balaban J connectivity index is 0.00000133. The number of fused-ring (bicyclic) bond motifs is 1. The van der Waals surface area contributed by atoms with E-state index in [1.807, 2.05) is 30.3 Å². The van der Waals surface area contributed by atoms with E-state index in [-0.39, 0.29) is 23.8 Å². The summed E-state index contributed by atoms with van der Waals surface area (Å²) in [7, 11) is 0. The molecule has 2 nitrogen and oxygen atoms in total. The molecular formula is C16H21ClO2. The third kappa shape index (κ3) is 2.64. The minimum absolute atomic E-state index is 0. The highest BCUT2D eigenvalue weighted by molar-refractivity contribution is 5.85. The highest BCUT2D eigenvalue weighted by atomic mass is 35.5. The van der Waals surface area contributed by atoms with Crippen LogP contribution in [0.2, 0.25) is 0 Å². The Morgan fingerprint density at radius 2 is 1.79 bits per heavy atom. The van der Waals surface area contributed by atoms with Crippen LogP contribution in [-0.4, -0.2) is 5.97 Å². The molecule has 3 rings (SSSR count). The van der Waals surface area contributed by atoms with Crippen LogP contribution in [0.25, 0.3) is 0 Å². The molecule has 1 aromatic rings. The van der Waals surface area contributed by atoms with Gasteiger partial charge in [0.15, 0.2) is 0 Å². The van der Waals surface area contributed by atoms with Crippen molar-refractivity contribution in [3.63, 3.8) is 0 Å². The Bertz CT molecular complexity index is 420. The van der Waals surface area contributed by atoms with E-state index in [1.54, 1.807) is 0 Å². The summed E-state index contributed by atoms with van der Waals surface area (Å²) >= 11 is 0. The minimum Gasteiger partial charge on any atom is -0.460 e. The molecule has 2 aliphatic rings. The number of esters is 1. The molecule has 1 aromatic carbocycles. The number of halogens is 1. The van der Waals surface area contributed by atoms with Crippen LogP contribution < -0.4 is 0 Å². The molecular weight excluding hydrogens is 260 g/mol. The van der Waals surface area contributed by atoms with Gasteiger partial charge in [-0.1, -0.05) is 43.2 Å².